The van der Waals surface area contributed by atoms with Crippen molar-refractivity contribution in [3.8, 4) is 5.75 Å². The van der Waals surface area contributed by atoms with Crippen LogP contribution in [0.1, 0.15) is 38.4 Å². The normalized spacial score (nSPS) is 17.4. The average molecular weight is 300 g/mol. The molecule has 0 N–H and O–H groups in total. The molecule has 0 saturated heterocycles. The summed E-state index contributed by atoms with van der Waals surface area (Å²) in [7, 11) is 1.59. The molecule has 0 spiro atoms. The van der Waals surface area contributed by atoms with E-state index in [1.807, 2.05) is 29.6 Å². The van der Waals surface area contributed by atoms with E-state index in [9.17, 15) is 9.59 Å². The molecule has 1 unspecified atom stereocenters. The number of Topliss-reactive ketones (excluding diaryl/α,β-unsaturated/α-hetero) is 2. The number of rotatable bonds is 4. The number of carbonyl (C=O) groups excluding carboxylic acids is 2. The van der Waals surface area contributed by atoms with Crippen LogP contribution in [0, 0.1) is 5.92 Å². The summed E-state index contributed by atoms with van der Waals surface area (Å²) in [5.74, 6) is 0.612. The van der Waals surface area contributed by atoms with E-state index in [4.69, 9.17) is 4.74 Å². The number of methoxy groups -OCH3 is 1. The molecule has 1 aromatic heterocycles. The molecule has 4 heteroatoms. The van der Waals surface area contributed by atoms with Crippen molar-refractivity contribution in [2.24, 2.45) is 5.92 Å². The lowest BCUT2D eigenvalue weighted by atomic mass is 9.80. The van der Waals surface area contributed by atoms with Gasteiger partial charge < -0.3 is 4.74 Å². The zero-order valence-corrected chi connectivity index (χ0v) is 12.6. The maximum atomic E-state index is 12.6. The first kappa shape index (κ1) is 14.0. The van der Waals surface area contributed by atoms with Crippen LogP contribution in [0.5, 0.6) is 5.75 Å². The second kappa shape index (κ2) is 5.82. The second-order valence-corrected chi connectivity index (χ2v) is 6.18. The van der Waals surface area contributed by atoms with Gasteiger partial charge in [-0.25, -0.2) is 0 Å². The van der Waals surface area contributed by atoms with Crippen molar-refractivity contribution >= 4 is 22.9 Å². The third-order valence-electron chi connectivity index (χ3n) is 3.94. The van der Waals surface area contributed by atoms with Crippen molar-refractivity contribution in [1.82, 2.24) is 0 Å². The van der Waals surface area contributed by atoms with Gasteiger partial charge in [0.15, 0.2) is 11.6 Å². The third-order valence-corrected chi connectivity index (χ3v) is 4.85. The SMILES string of the molecule is COc1ccc2c(c1)C(=O)C(CC(=O)c1cccs1)CC2. The van der Waals surface area contributed by atoms with E-state index in [1.165, 1.54) is 11.3 Å². The highest BCUT2D eigenvalue weighted by molar-refractivity contribution is 7.12. The molecule has 1 heterocycles. The van der Waals surface area contributed by atoms with E-state index in [0.29, 0.717) is 17.7 Å². The van der Waals surface area contributed by atoms with Crippen molar-refractivity contribution < 1.29 is 14.3 Å². The molecule has 108 valence electrons. The van der Waals surface area contributed by atoms with E-state index < -0.39 is 0 Å². The Morgan fingerprint density at radius 2 is 2.24 bits per heavy atom. The summed E-state index contributed by atoms with van der Waals surface area (Å²) < 4.78 is 5.19. The van der Waals surface area contributed by atoms with Crippen molar-refractivity contribution in [1.29, 1.82) is 0 Å². The highest BCUT2D eigenvalue weighted by Crippen LogP contribution is 2.31. The van der Waals surface area contributed by atoms with E-state index in [2.05, 4.69) is 0 Å². The summed E-state index contributed by atoms with van der Waals surface area (Å²) in [6, 6.07) is 9.30. The van der Waals surface area contributed by atoms with E-state index in [-0.39, 0.29) is 17.5 Å². The number of fused-ring (bicyclic) bond motifs is 1. The minimum absolute atomic E-state index is 0.0645. The Bertz CT molecular complexity index is 673. The lowest BCUT2D eigenvalue weighted by Gasteiger charge is -2.23. The average Bonchev–Trinajstić information content (AvgIpc) is 3.04. The molecule has 0 amide bonds. The van der Waals surface area contributed by atoms with Crippen molar-refractivity contribution in [2.45, 2.75) is 19.3 Å². The Labute approximate surface area is 127 Å². The zero-order valence-electron chi connectivity index (χ0n) is 11.8. The smallest absolute Gasteiger partial charge is 0.173 e. The molecule has 3 nitrogen and oxygen atoms in total. The predicted molar refractivity (Wildman–Crippen MR) is 82.4 cm³/mol. The monoisotopic (exact) mass is 300 g/mol. The first-order chi connectivity index (χ1) is 10.2. The summed E-state index contributed by atoms with van der Waals surface area (Å²) in [4.78, 5) is 25.5. The predicted octanol–water partition coefficient (Wildman–Crippen LogP) is 3.77. The van der Waals surface area contributed by atoms with Gasteiger partial charge in [-0.3, -0.25) is 9.59 Å². The number of hydrogen-bond donors (Lipinski definition) is 0. The van der Waals surface area contributed by atoms with Gasteiger partial charge in [-0.1, -0.05) is 12.1 Å². The molecule has 0 radical (unpaired) electrons. The fraction of sp³-hybridized carbons (Fsp3) is 0.294. The Hall–Kier alpha value is -1.94. The van der Waals surface area contributed by atoms with Crippen LogP contribution in [0.25, 0.3) is 0 Å². The number of ether oxygens (including phenoxy) is 1. The molecule has 0 bridgehead atoms. The molecule has 21 heavy (non-hydrogen) atoms. The van der Waals surface area contributed by atoms with Crippen molar-refractivity contribution in [3.05, 3.63) is 51.7 Å². The lowest BCUT2D eigenvalue weighted by Crippen LogP contribution is -2.25. The van der Waals surface area contributed by atoms with Crippen LogP contribution in [0.2, 0.25) is 0 Å². The topological polar surface area (TPSA) is 43.4 Å². The first-order valence-electron chi connectivity index (χ1n) is 6.97. The van der Waals surface area contributed by atoms with Gasteiger partial charge in [-0.05, 0) is 42.0 Å². The fourth-order valence-electron chi connectivity index (χ4n) is 2.77. The van der Waals surface area contributed by atoms with Crippen LogP contribution in [0.15, 0.2) is 35.7 Å². The van der Waals surface area contributed by atoms with Crippen LogP contribution >= 0.6 is 11.3 Å². The molecule has 0 saturated carbocycles. The van der Waals surface area contributed by atoms with Crippen LogP contribution < -0.4 is 4.74 Å². The summed E-state index contributed by atoms with van der Waals surface area (Å²) in [5.41, 5.74) is 1.77. The maximum absolute atomic E-state index is 12.6. The molecule has 1 atom stereocenters. The van der Waals surface area contributed by atoms with E-state index in [1.54, 1.807) is 13.2 Å². The molecule has 1 aliphatic carbocycles. The van der Waals surface area contributed by atoms with Gasteiger partial charge in [-0.15, -0.1) is 11.3 Å². The number of thiophene rings is 1. The van der Waals surface area contributed by atoms with Crippen LogP contribution in [-0.4, -0.2) is 18.7 Å². The molecule has 1 aromatic carbocycles. The Morgan fingerprint density at radius 3 is 2.95 bits per heavy atom. The van der Waals surface area contributed by atoms with E-state index in [0.717, 1.165) is 23.3 Å². The number of hydrogen-bond acceptors (Lipinski definition) is 4. The van der Waals surface area contributed by atoms with Crippen molar-refractivity contribution in [2.75, 3.05) is 7.11 Å². The molecule has 2 aromatic rings. The second-order valence-electron chi connectivity index (χ2n) is 5.23. The summed E-state index contributed by atoms with van der Waals surface area (Å²) >= 11 is 1.43. The van der Waals surface area contributed by atoms with Gasteiger partial charge >= 0.3 is 0 Å². The fourth-order valence-corrected chi connectivity index (χ4v) is 3.44. The third kappa shape index (κ3) is 2.76. The summed E-state index contributed by atoms with van der Waals surface area (Å²) in [6.07, 6.45) is 1.89. The Balaban J connectivity index is 1.80. The van der Waals surface area contributed by atoms with E-state index >= 15 is 0 Å². The Kier molecular flexibility index (Phi) is 3.88. The van der Waals surface area contributed by atoms with Gasteiger partial charge in [0.1, 0.15) is 5.75 Å². The van der Waals surface area contributed by atoms with Crippen LogP contribution in [0.3, 0.4) is 0 Å². The van der Waals surface area contributed by atoms with Crippen molar-refractivity contribution in [3.63, 3.8) is 0 Å². The van der Waals surface area contributed by atoms with Gasteiger partial charge in [0.2, 0.25) is 0 Å². The highest BCUT2D eigenvalue weighted by Gasteiger charge is 2.29. The van der Waals surface area contributed by atoms with Gasteiger partial charge in [0, 0.05) is 17.9 Å². The summed E-state index contributed by atoms with van der Waals surface area (Å²) in [5, 5.41) is 1.89. The van der Waals surface area contributed by atoms with Crippen LogP contribution in [-0.2, 0) is 6.42 Å². The lowest BCUT2D eigenvalue weighted by molar-refractivity contribution is 0.0837. The Morgan fingerprint density at radius 1 is 1.38 bits per heavy atom. The maximum Gasteiger partial charge on any atom is 0.173 e. The molecular formula is C17H16O3S. The number of ketones is 2. The molecule has 0 fully saturated rings. The number of aryl methyl sites for hydroxylation is 1. The summed E-state index contributed by atoms with van der Waals surface area (Å²) in [6.45, 7) is 0. The zero-order chi connectivity index (χ0) is 14.8. The minimum atomic E-state index is -0.209. The molecule has 1 aliphatic rings. The standard InChI is InChI=1S/C17H16O3S/c1-20-13-7-6-11-4-5-12(17(19)14(11)10-13)9-15(18)16-3-2-8-21-16/h2-3,6-8,10,12H,4-5,9H2,1H3. The number of benzene rings is 1. The first-order valence-corrected chi connectivity index (χ1v) is 7.85. The molecule has 0 aliphatic heterocycles. The van der Waals surface area contributed by atoms with Gasteiger partial charge in [0.25, 0.3) is 0 Å². The number of carbonyl (C=O) groups is 2. The van der Waals surface area contributed by atoms with Crippen LogP contribution in [0.4, 0.5) is 0 Å². The minimum Gasteiger partial charge on any atom is -0.497 e. The quantitative estimate of drug-likeness (QED) is 0.807. The van der Waals surface area contributed by atoms with Gasteiger partial charge in [-0.2, -0.15) is 0 Å². The molecular weight excluding hydrogens is 284 g/mol. The largest absolute Gasteiger partial charge is 0.497 e. The van der Waals surface area contributed by atoms with Gasteiger partial charge in [0.05, 0.1) is 12.0 Å². The molecule has 3 rings (SSSR count). The highest BCUT2D eigenvalue weighted by atomic mass is 32.1.